The highest BCUT2D eigenvalue weighted by atomic mass is 14.8. The molecule has 0 saturated heterocycles. The molecule has 1 aromatic heterocycles. The molecule has 1 N–H and O–H groups in total. The maximum absolute atomic E-state index is 4.56. The van der Waals surface area contributed by atoms with Crippen molar-refractivity contribution >= 4 is 10.9 Å². The molecule has 0 bridgehead atoms. The summed E-state index contributed by atoms with van der Waals surface area (Å²) in [6.45, 7) is 5.28. The Hall–Kier alpha value is -1.41. The lowest BCUT2D eigenvalue weighted by Gasteiger charge is -2.07. The average Bonchev–Trinajstić information content (AvgIpc) is 2.30. The molecule has 0 aliphatic carbocycles. The van der Waals surface area contributed by atoms with Crippen LogP contribution in [0.1, 0.15) is 23.2 Å². The Morgan fingerprint density at radius 3 is 2.76 bits per heavy atom. The highest BCUT2D eigenvalue weighted by Gasteiger charge is 2.02. The average molecular weight is 228 g/mol. The summed E-state index contributed by atoms with van der Waals surface area (Å²) in [7, 11) is 2.00. The van der Waals surface area contributed by atoms with Gasteiger partial charge in [-0.3, -0.25) is 4.98 Å². The number of nitrogens with zero attached hydrogens (tertiary/aromatic N) is 1. The van der Waals surface area contributed by atoms with Crippen LogP contribution < -0.4 is 5.32 Å². The largest absolute Gasteiger partial charge is 0.320 e. The lowest BCUT2D eigenvalue weighted by Crippen LogP contribution is -2.08. The third-order valence-electron chi connectivity index (χ3n) is 3.10. The fraction of sp³-hybridized carbons (Fsp3) is 0.400. The number of hydrogen-bond donors (Lipinski definition) is 1. The van der Waals surface area contributed by atoms with Gasteiger partial charge < -0.3 is 5.32 Å². The number of hydrogen-bond acceptors (Lipinski definition) is 2. The molecule has 2 aromatic rings. The summed E-state index contributed by atoms with van der Waals surface area (Å²) in [6.07, 6.45) is 2.31. The topological polar surface area (TPSA) is 24.9 Å². The number of pyridine rings is 1. The maximum atomic E-state index is 4.56. The van der Waals surface area contributed by atoms with Crippen molar-refractivity contribution < 1.29 is 0 Å². The van der Waals surface area contributed by atoms with Crippen molar-refractivity contribution in [2.45, 2.75) is 26.7 Å². The van der Waals surface area contributed by atoms with Crippen molar-refractivity contribution in [3.05, 3.63) is 41.1 Å². The van der Waals surface area contributed by atoms with Crippen LogP contribution in [0.25, 0.3) is 10.9 Å². The van der Waals surface area contributed by atoms with Crippen LogP contribution in [-0.2, 0) is 6.42 Å². The summed E-state index contributed by atoms with van der Waals surface area (Å²) >= 11 is 0. The van der Waals surface area contributed by atoms with E-state index in [2.05, 4.69) is 41.5 Å². The van der Waals surface area contributed by atoms with Gasteiger partial charge in [-0.15, -0.1) is 0 Å². The Morgan fingerprint density at radius 1 is 1.18 bits per heavy atom. The standard InChI is InChI=1S/C15H20N2/c1-11-9-12(2)17-15-7-6-13(10-14(11)15)5-4-8-16-3/h6-7,9-10,16H,4-5,8H2,1-3H3. The van der Waals surface area contributed by atoms with E-state index in [0.29, 0.717) is 0 Å². The summed E-state index contributed by atoms with van der Waals surface area (Å²) in [5, 5.41) is 4.47. The molecule has 0 atom stereocenters. The van der Waals surface area contributed by atoms with Crippen LogP contribution in [0.5, 0.6) is 0 Å². The number of benzene rings is 1. The van der Waals surface area contributed by atoms with Gasteiger partial charge in [0.1, 0.15) is 0 Å². The van der Waals surface area contributed by atoms with E-state index in [4.69, 9.17) is 0 Å². The molecule has 0 saturated carbocycles. The van der Waals surface area contributed by atoms with Crippen molar-refractivity contribution in [3.8, 4) is 0 Å². The summed E-state index contributed by atoms with van der Waals surface area (Å²) < 4.78 is 0. The zero-order chi connectivity index (χ0) is 12.3. The van der Waals surface area contributed by atoms with Crippen LogP contribution in [0.2, 0.25) is 0 Å². The van der Waals surface area contributed by atoms with Crippen molar-refractivity contribution in [1.82, 2.24) is 10.3 Å². The lowest BCUT2D eigenvalue weighted by atomic mass is 10.0. The summed E-state index contributed by atoms with van der Waals surface area (Å²) in [4.78, 5) is 4.56. The molecule has 0 aliphatic heterocycles. The first-order valence-corrected chi connectivity index (χ1v) is 6.22. The van der Waals surface area contributed by atoms with E-state index in [1.54, 1.807) is 0 Å². The number of aryl methyl sites for hydroxylation is 3. The normalized spacial score (nSPS) is 11.0. The van der Waals surface area contributed by atoms with Gasteiger partial charge in [-0.05, 0) is 69.6 Å². The van der Waals surface area contributed by atoms with E-state index >= 15 is 0 Å². The summed E-state index contributed by atoms with van der Waals surface area (Å²) in [5.41, 5.74) is 4.93. The molecule has 90 valence electrons. The van der Waals surface area contributed by atoms with Gasteiger partial charge in [-0.25, -0.2) is 0 Å². The lowest BCUT2D eigenvalue weighted by molar-refractivity contribution is 0.725. The molecule has 17 heavy (non-hydrogen) atoms. The van der Waals surface area contributed by atoms with E-state index in [9.17, 15) is 0 Å². The zero-order valence-corrected chi connectivity index (χ0v) is 10.9. The minimum Gasteiger partial charge on any atom is -0.320 e. The second-order valence-corrected chi connectivity index (χ2v) is 4.64. The number of fused-ring (bicyclic) bond motifs is 1. The van der Waals surface area contributed by atoms with Crippen molar-refractivity contribution in [1.29, 1.82) is 0 Å². The zero-order valence-electron chi connectivity index (χ0n) is 10.9. The second kappa shape index (κ2) is 5.28. The smallest absolute Gasteiger partial charge is 0.0708 e. The van der Waals surface area contributed by atoms with Crippen LogP contribution in [0.15, 0.2) is 24.3 Å². The molecule has 1 heterocycles. The monoisotopic (exact) mass is 228 g/mol. The highest BCUT2D eigenvalue weighted by molar-refractivity contribution is 5.82. The van der Waals surface area contributed by atoms with E-state index in [-0.39, 0.29) is 0 Å². The Balaban J connectivity index is 2.30. The molecule has 0 unspecified atom stereocenters. The van der Waals surface area contributed by atoms with Crippen LogP contribution in [0, 0.1) is 13.8 Å². The van der Waals surface area contributed by atoms with E-state index in [1.807, 2.05) is 14.0 Å². The van der Waals surface area contributed by atoms with Gasteiger partial charge in [0.05, 0.1) is 5.52 Å². The summed E-state index contributed by atoms with van der Waals surface area (Å²) in [5.74, 6) is 0. The molecule has 0 radical (unpaired) electrons. The number of aromatic nitrogens is 1. The van der Waals surface area contributed by atoms with Gasteiger partial charge in [-0.2, -0.15) is 0 Å². The Kier molecular flexibility index (Phi) is 3.75. The van der Waals surface area contributed by atoms with Gasteiger partial charge in [0, 0.05) is 11.1 Å². The van der Waals surface area contributed by atoms with Crippen LogP contribution in [0.4, 0.5) is 0 Å². The van der Waals surface area contributed by atoms with Crippen LogP contribution in [0.3, 0.4) is 0 Å². The fourth-order valence-corrected chi connectivity index (χ4v) is 2.23. The van der Waals surface area contributed by atoms with Gasteiger partial charge in [0.15, 0.2) is 0 Å². The van der Waals surface area contributed by atoms with Gasteiger partial charge >= 0.3 is 0 Å². The third kappa shape index (κ3) is 2.83. The number of rotatable bonds is 4. The predicted octanol–water partition coefficient (Wildman–Crippen LogP) is 3.00. The van der Waals surface area contributed by atoms with Crippen molar-refractivity contribution in [3.63, 3.8) is 0 Å². The molecule has 0 fully saturated rings. The quantitative estimate of drug-likeness (QED) is 0.814. The maximum Gasteiger partial charge on any atom is 0.0708 e. The number of nitrogens with one attached hydrogen (secondary N) is 1. The molecule has 2 rings (SSSR count). The minimum absolute atomic E-state index is 1.07. The second-order valence-electron chi connectivity index (χ2n) is 4.64. The first kappa shape index (κ1) is 12.1. The molecule has 2 nitrogen and oxygen atoms in total. The van der Waals surface area contributed by atoms with Crippen LogP contribution >= 0.6 is 0 Å². The Labute approximate surface area is 103 Å². The van der Waals surface area contributed by atoms with Gasteiger partial charge in [0.25, 0.3) is 0 Å². The van der Waals surface area contributed by atoms with E-state index in [1.165, 1.54) is 22.9 Å². The molecule has 2 heteroatoms. The molecular formula is C15H20N2. The fourth-order valence-electron chi connectivity index (χ4n) is 2.23. The van der Waals surface area contributed by atoms with Crippen molar-refractivity contribution in [2.24, 2.45) is 0 Å². The minimum atomic E-state index is 1.07. The van der Waals surface area contributed by atoms with Gasteiger partial charge in [0.2, 0.25) is 0 Å². The van der Waals surface area contributed by atoms with E-state index < -0.39 is 0 Å². The van der Waals surface area contributed by atoms with Crippen molar-refractivity contribution in [2.75, 3.05) is 13.6 Å². The Morgan fingerprint density at radius 2 is 2.00 bits per heavy atom. The van der Waals surface area contributed by atoms with Gasteiger partial charge in [-0.1, -0.05) is 6.07 Å². The Bertz CT molecular complexity index is 518. The molecule has 0 aliphatic rings. The predicted molar refractivity (Wildman–Crippen MR) is 73.5 cm³/mol. The first-order valence-electron chi connectivity index (χ1n) is 6.22. The molecular weight excluding hydrogens is 208 g/mol. The first-order chi connectivity index (χ1) is 8.20. The summed E-state index contributed by atoms with van der Waals surface area (Å²) in [6, 6.07) is 8.78. The molecule has 0 spiro atoms. The highest BCUT2D eigenvalue weighted by Crippen LogP contribution is 2.19. The van der Waals surface area contributed by atoms with Crippen LogP contribution in [-0.4, -0.2) is 18.6 Å². The molecule has 1 aromatic carbocycles. The SMILES string of the molecule is CNCCCc1ccc2nc(C)cc(C)c2c1. The van der Waals surface area contributed by atoms with E-state index in [0.717, 1.165) is 24.2 Å². The third-order valence-corrected chi connectivity index (χ3v) is 3.10. The molecule has 0 amide bonds.